The van der Waals surface area contributed by atoms with Crippen LogP contribution in [0.3, 0.4) is 0 Å². The quantitative estimate of drug-likeness (QED) is 0.834. The third-order valence-corrected chi connectivity index (χ3v) is 3.67. The van der Waals surface area contributed by atoms with Crippen molar-refractivity contribution >= 4 is 29.3 Å². The first kappa shape index (κ1) is 15.4. The van der Waals surface area contributed by atoms with Crippen molar-refractivity contribution in [3.05, 3.63) is 28.0 Å². The Balaban J connectivity index is 2.72. The van der Waals surface area contributed by atoms with Gasteiger partial charge in [-0.05, 0) is 35.4 Å². The number of carbonyl (C=O) groups excluding carboxylic acids is 1. The Labute approximate surface area is 117 Å². The van der Waals surface area contributed by atoms with Crippen molar-refractivity contribution < 1.29 is 14.7 Å². The van der Waals surface area contributed by atoms with Gasteiger partial charge in [-0.15, -0.1) is 11.3 Å². The minimum absolute atomic E-state index is 0.393. The Kier molecular flexibility index (Phi) is 4.89. The van der Waals surface area contributed by atoms with E-state index in [2.05, 4.69) is 5.32 Å². The number of carboxylic acid groups (broad SMARTS) is 1. The second-order valence-corrected chi connectivity index (χ2v) is 6.39. The molecular formula is C14H19NO3S. The van der Waals surface area contributed by atoms with E-state index in [0.29, 0.717) is 0 Å². The molecule has 0 spiro atoms. The standard InChI is InChI=1S/C14H19NO3S/c1-9-7-8-19-10(9)5-6-11(16)15-12(13(17)18)14(2,3)4/h5-8,12H,1-4H3,(H,15,16)(H,17,18)/b6-5+/t12-/m1/s1. The molecular weight excluding hydrogens is 262 g/mol. The first-order valence-electron chi connectivity index (χ1n) is 5.97. The summed E-state index contributed by atoms with van der Waals surface area (Å²) in [6.45, 7) is 7.29. The molecule has 1 amide bonds. The second-order valence-electron chi connectivity index (χ2n) is 5.45. The van der Waals surface area contributed by atoms with Gasteiger partial charge in [-0.2, -0.15) is 0 Å². The van der Waals surface area contributed by atoms with E-state index >= 15 is 0 Å². The van der Waals surface area contributed by atoms with Gasteiger partial charge in [0.2, 0.25) is 5.91 Å². The van der Waals surface area contributed by atoms with Gasteiger partial charge in [0.05, 0.1) is 0 Å². The third-order valence-electron chi connectivity index (χ3n) is 2.69. The van der Waals surface area contributed by atoms with Crippen LogP contribution in [0.25, 0.3) is 6.08 Å². The van der Waals surface area contributed by atoms with Gasteiger partial charge in [-0.25, -0.2) is 4.79 Å². The number of aliphatic carboxylic acids is 1. The van der Waals surface area contributed by atoms with E-state index < -0.39 is 23.3 Å². The molecule has 0 aliphatic heterocycles. The lowest BCUT2D eigenvalue weighted by Gasteiger charge is -2.27. The molecule has 0 bridgehead atoms. The number of carbonyl (C=O) groups is 2. The number of aryl methyl sites for hydroxylation is 1. The van der Waals surface area contributed by atoms with Gasteiger partial charge in [0.1, 0.15) is 6.04 Å². The lowest BCUT2D eigenvalue weighted by atomic mass is 9.87. The van der Waals surface area contributed by atoms with Crippen LogP contribution < -0.4 is 5.32 Å². The number of rotatable bonds is 4. The molecule has 1 heterocycles. The van der Waals surface area contributed by atoms with Gasteiger partial charge in [-0.3, -0.25) is 4.79 Å². The minimum atomic E-state index is -1.03. The van der Waals surface area contributed by atoms with Crippen LogP contribution in [-0.4, -0.2) is 23.0 Å². The average Bonchev–Trinajstić information content (AvgIpc) is 2.67. The van der Waals surface area contributed by atoms with Gasteiger partial charge in [0.15, 0.2) is 0 Å². The number of thiophene rings is 1. The molecule has 0 radical (unpaired) electrons. The summed E-state index contributed by atoms with van der Waals surface area (Å²) in [5.74, 6) is -1.42. The monoisotopic (exact) mass is 281 g/mol. The third kappa shape index (κ3) is 4.52. The van der Waals surface area contributed by atoms with Crippen molar-refractivity contribution in [2.75, 3.05) is 0 Å². The molecule has 19 heavy (non-hydrogen) atoms. The fourth-order valence-electron chi connectivity index (χ4n) is 1.55. The van der Waals surface area contributed by atoms with E-state index in [1.165, 1.54) is 17.4 Å². The lowest BCUT2D eigenvalue weighted by molar-refractivity contribution is -0.144. The zero-order chi connectivity index (χ0) is 14.6. The van der Waals surface area contributed by atoms with Crippen molar-refractivity contribution in [2.45, 2.75) is 33.7 Å². The fourth-order valence-corrected chi connectivity index (χ4v) is 2.36. The summed E-state index contributed by atoms with van der Waals surface area (Å²) in [5.41, 5.74) is 0.563. The summed E-state index contributed by atoms with van der Waals surface area (Å²) >= 11 is 1.54. The molecule has 0 aliphatic carbocycles. The van der Waals surface area contributed by atoms with E-state index in [9.17, 15) is 9.59 Å². The first-order chi connectivity index (χ1) is 8.71. The molecule has 104 valence electrons. The van der Waals surface area contributed by atoms with Crippen molar-refractivity contribution in [3.63, 3.8) is 0 Å². The van der Waals surface area contributed by atoms with Gasteiger partial charge in [0, 0.05) is 11.0 Å². The number of carboxylic acids is 1. The van der Waals surface area contributed by atoms with Gasteiger partial charge >= 0.3 is 5.97 Å². The Morgan fingerprint density at radius 2 is 2.05 bits per heavy atom. The number of hydrogen-bond acceptors (Lipinski definition) is 3. The van der Waals surface area contributed by atoms with Crippen LogP contribution in [0.4, 0.5) is 0 Å². The first-order valence-corrected chi connectivity index (χ1v) is 6.85. The van der Waals surface area contributed by atoms with Crippen LogP contribution in [0.1, 0.15) is 31.2 Å². The second kappa shape index (κ2) is 6.02. The fraction of sp³-hybridized carbons (Fsp3) is 0.429. The van der Waals surface area contributed by atoms with Crippen molar-refractivity contribution in [1.82, 2.24) is 5.32 Å². The average molecular weight is 281 g/mol. The number of nitrogens with one attached hydrogen (secondary N) is 1. The maximum atomic E-state index is 11.8. The van der Waals surface area contributed by atoms with Crippen LogP contribution in [0.15, 0.2) is 17.5 Å². The van der Waals surface area contributed by atoms with E-state index in [4.69, 9.17) is 5.11 Å². The molecule has 0 saturated carbocycles. The zero-order valence-corrected chi connectivity index (χ0v) is 12.4. The highest BCUT2D eigenvalue weighted by Gasteiger charge is 2.31. The number of amides is 1. The normalized spacial score (nSPS) is 13.5. The largest absolute Gasteiger partial charge is 0.480 e. The molecule has 1 aromatic heterocycles. The van der Waals surface area contributed by atoms with Gasteiger partial charge in [-0.1, -0.05) is 20.8 Å². The molecule has 0 unspecified atom stereocenters. The SMILES string of the molecule is Cc1ccsc1/C=C/C(=O)N[C@H](C(=O)O)C(C)(C)C. The molecule has 0 saturated heterocycles. The summed E-state index contributed by atoms with van der Waals surface area (Å²) in [4.78, 5) is 23.9. The molecule has 5 heteroatoms. The predicted octanol–water partition coefficient (Wildman–Crippen LogP) is 2.69. The van der Waals surface area contributed by atoms with E-state index in [0.717, 1.165) is 10.4 Å². The lowest BCUT2D eigenvalue weighted by Crippen LogP contribution is -2.48. The minimum Gasteiger partial charge on any atom is -0.480 e. The topological polar surface area (TPSA) is 66.4 Å². The Morgan fingerprint density at radius 1 is 1.42 bits per heavy atom. The van der Waals surface area contributed by atoms with Gasteiger partial charge in [0.25, 0.3) is 0 Å². The molecule has 0 aromatic carbocycles. The highest BCUT2D eigenvalue weighted by atomic mass is 32.1. The summed E-state index contributed by atoms with van der Waals surface area (Å²) in [6, 6.07) is 1.06. The molecule has 0 fully saturated rings. The Morgan fingerprint density at radius 3 is 2.47 bits per heavy atom. The molecule has 1 atom stereocenters. The maximum absolute atomic E-state index is 11.8. The van der Waals surface area contributed by atoms with E-state index in [-0.39, 0.29) is 0 Å². The van der Waals surface area contributed by atoms with Gasteiger partial charge < -0.3 is 10.4 Å². The van der Waals surface area contributed by atoms with Crippen LogP contribution in [0.2, 0.25) is 0 Å². The van der Waals surface area contributed by atoms with Crippen LogP contribution >= 0.6 is 11.3 Å². The summed E-state index contributed by atoms with van der Waals surface area (Å²) < 4.78 is 0. The van der Waals surface area contributed by atoms with Crippen molar-refractivity contribution in [2.24, 2.45) is 5.41 Å². The molecule has 2 N–H and O–H groups in total. The zero-order valence-electron chi connectivity index (χ0n) is 11.6. The highest BCUT2D eigenvalue weighted by Crippen LogP contribution is 2.20. The Bertz CT molecular complexity index is 497. The predicted molar refractivity (Wildman–Crippen MR) is 77.1 cm³/mol. The van der Waals surface area contributed by atoms with Crippen LogP contribution in [0, 0.1) is 12.3 Å². The Hall–Kier alpha value is -1.62. The highest BCUT2D eigenvalue weighted by molar-refractivity contribution is 7.11. The summed E-state index contributed by atoms with van der Waals surface area (Å²) in [7, 11) is 0. The maximum Gasteiger partial charge on any atom is 0.326 e. The molecule has 1 aromatic rings. The number of hydrogen-bond donors (Lipinski definition) is 2. The van der Waals surface area contributed by atoms with E-state index in [1.54, 1.807) is 26.8 Å². The van der Waals surface area contributed by atoms with E-state index in [1.807, 2.05) is 18.4 Å². The van der Waals surface area contributed by atoms with Crippen LogP contribution in [0.5, 0.6) is 0 Å². The van der Waals surface area contributed by atoms with Crippen molar-refractivity contribution in [1.29, 1.82) is 0 Å². The van der Waals surface area contributed by atoms with Crippen LogP contribution in [-0.2, 0) is 9.59 Å². The molecule has 4 nitrogen and oxygen atoms in total. The smallest absolute Gasteiger partial charge is 0.326 e. The summed E-state index contributed by atoms with van der Waals surface area (Å²) in [5, 5.41) is 13.6. The van der Waals surface area contributed by atoms with Crippen molar-refractivity contribution in [3.8, 4) is 0 Å². The summed E-state index contributed by atoms with van der Waals surface area (Å²) in [6.07, 6.45) is 3.08. The molecule has 1 rings (SSSR count). The molecule has 0 aliphatic rings.